The molecule has 0 radical (unpaired) electrons. The van der Waals surface area contributed by atoms with Crippen LogP contribution in [0.5, 0.6) is 0 Å². The van der Waals surface area contributed by atoms with Crippen LogP contribution in [0.25, 0.3) is 0 Å². The second-order valence-corrected chi connectivity index (χ2v) is 4.90. The third-order valence-electron chi connectivity index (χ3n) is 2.25. The zero-order valence-electron chi connectivity index (χ0n) is 9.97. The van der Waals surface area contributed by atoms with Crippen LogP contribution in [0.2, 0.25) is 0 Å². The van der Waals surface area contributed by atoms with Crippen LogP contribution in [0, 0.1) is 0 Å². The fraction of sp³-hybridized carbons (Fsp3) is 0.417. The van der Waals surface area contributed by atoms with E-state index >= 15 is 0 Å². The Labute approximate surface area is 112 Å². The van der Waals surface area contributed by atoms with Crippen LogP contribution in [0.3, 0.4) is 0 Å². The lowest BCUT2D eigenvalue weighted by atomic mass is 10.2. The molecule has 2 rings (SSSR count). The summed E-state index contributed by atoms with van der Waals surface area (Å²) in [6.07, 6.45) is 1.69. The molecule has 0 atom stereocenters. The molecule has 2 heterocycles. The van der Waals surface area contributed by atoms with E-state index < -0.39 is 0 Å². The number of thiazole rings is 1. The summed E-state index contributed by atoms with van der Waals surface area (Å²) in [5.74, 6) is 1.48. The molecule has 0 amide bonds. The van der Waals surface area contributed by atoms with Gasteiger partial charge in [0.2, 0.25) is 0 Å². The minimum atomic E-state index is 0. The Kier molecular flexibility index (Phi) is 5.68. The molecule has 0 aliphatic carbocycles. The van der Waals surface area contributed by atoms with Crippen molar-refractivity contribution in [2.75, 3.05) is 0 Å². The van der Waals surface area contributed by atoms with Crippen LogP contribution < -0.4 is 5.32 Å². The van der Waals surface area contributed by atoms with Crippen molar-refractivity contribution in [1.29, 1.82) is 0 Å². The van der Waals surface area contributed by atoms with Gasteiger partial charge in [-0.1, -0.05) is 13.8 Å². The van der Waals surface area contributed by atoms with Gasteiger partial charge in [0.1, 0.15) is 5.76 Å². The fourth-order valence-corrected chi connectivity index (χ4v) is 2.23. The summed E-state index contributed by atoms with van der Waals surface area (Å²) in [4.78, 5) is 4.55. The molecule has 5 heteroatoms. The Balaban J connectivity index is 0.00000144. The van der Waals surface area contributed by atoms with Crippen LogP contribution in [-0.4, -0.2) is 4.98 Å². The van der Waals surface area contributed by atoms with Gasteiger partial charge in [-0.3, -0.25) is 0 Å². The van der Waals surface area contributed by atoms with E-state index in [0.717, 1.165) is 24.5 Å². The Morgan fingerprint density at radius 3 is 2.82 bits per heavy atom. The van der Waals surface area contributed by atoms with Crippen LogP contribution in [0.15, 0.2) is 28.2 Å². The summed E-state index contributed by atoms with van der Waals surface area (Å²) in [5, 5.41) is 6.63. The molecule has 3 nitrogen and oxygen atoms in total. The van der Waals surface area contributed by atoms with Crippen molar-refractivity contribution in [2.24, 2.45) is 0 Å². The van der Waals surface area contributed by atoms with E-state index in [1.165, 1.54) is 5.01 Å². The molecule has 0 aliphatic rings. The molecule has 0 aliphatic heterocycles. The first-order chi connectivity index (χ1) is 7.75. The molecule has 0 spiro atoms. The van der Waals surface area contributed by atoms with Crippen molar-refractivity contribution >= 4 is 23.7 Å². The van der Waals surface area contributed by atoms with Gasteiger partial charge in [-0.15, -0.1) is 23.7 Å². The molecule has 1 N–H and O–H groups in total. The minimum Gasteiger partial charge on any atom is -0.468 e. The van der Waals surface area contributed by atoms with Gasteiger partial charge < -0.3 is 9.73 Å². The quantitative estimate of drug-likeness (QED) is 0.904. The summed E-state index contributed by atoms with van der Waals surface area (Å²) in [6, 6.07) is 3.87. The predicted octanol–water partition coefficient (Wildman–Crippen LogP) is 3.57. The van der Waals surface area contributed by atoms with Crippen molar-refractivity contribution in [2.45, 2.75) is 32.9 Å². The average molecular weight is 273 g/mol. The monoisotopic (exact) mass is 272 g/mol. The average Bonchev–Trinajstić information content (AvgIpc) is 2.87. The minimum absolute atomic E-state index is 0. The number of rotatable bonds is 5. The van der Waals surface area contributed by atoms with Gasteiger partial charge in [0.15, 0.2) is 0 Å². The van der Waals surface area contributed by atoms with Gasteiger partial charge >= 0.3 is 0 Å². The van der Waals surface area contributed by atoms with Gasteiger partial charge in [-0.05, 0) is 12.1 Å². The summed E-state index contributed by atoms with van der Waals surface area (Å²) in [5.41, 5.74) is 1.11. The molecule has 0 aromatic carbocycles. The largest absolute Gasteiger partial charge is 0.468 e. The highest BCUT2D eigenvalue weighted by molar-refractivity contribution is 7.09. The topological polar surface area (TPSA) is 38.1 Å². The molecule has 0 unspecified atom stereocenters. The third-order valence-corrected chi connectivity index (χ3v) is 3.44. The first-order valence-corrected chi connectivity index (χ1v) is 6.31. The highest BCUT2D eigenvalue weighted by Crippen LogP contribution is 2.18. The highest BCUT2D eigenvalue weighted by Gasteiger charge is 2.05. The van der Waals surface area contributed by atoms with Crippen LogP contribution in [-0.2, 0) is 13.1 Å². The van der Waals surface area contributed by atoms with Gasteiger partial charge in [-0.25, -0.2) is 4.98 Å². The second kappa shape index (κ2) is 6.79. The lowest BCUT2D eigenvalue weighted by Gasteiger charge is -2.00. The van der Waals surface area contributed by atoms with E-state index in [2.05, 4.69) is 29.5 Å². The normalized spacial score (nSPS) is 10.5. The number of nitrogens with one attached hydrogen (secondary N) is 1. The first-order valence-electron chi connectivity index (χ1n) is 5.43. The van der Waals surface area contributed by atoms with Crippen LogP contribution in [0.1, 0.15) is 36.2 Å². The van der Waals surface area contributed by atoms with E-state index in [1.54, 1.807) is 17.6 Å². The molecule has 17 heavy (non-hydrogen) atoms. The van der Waals surface area contributed by atoms with E-state index in [9.17, 15) is 0 Å². The van der Waals surface area contributed by atoms with Crippen LogP contribution in [0.4, 0.5) is 0 Å². The summed E-state index contributed by atoms with van der Waals surface area (Å²) < 4.78 is 5.23. The molecule has 0 bridgehead atoms. The number of aromatic nitrogens is 1. The number of halogens is 1. The molecule has 0 saturated carbocycles. The van der Waals surface area contributed by atoms with Crippen molar-refractivity contribution in [1.82, 2.24) is 10.3 Å². The zero-order valence-corrected chi connectivity index (χ0v) is 11.6. The molecule has 2 aromatic heterocycles. The molecular weight excluding hydrogens is 256 g/mol. The zero-order chi connectivity index (χ0) is 11.4. The van der Waals surface area contributed by atoms with E-state index in [1.807, 2.05) is 12.1 Å². The van der Waals surface area contributed by atoms with Crippen LogP contribution >= 0.6 is 23.7 Å². The number of hydrogen-bond donors (Lipinski definition) is 1. The SMILES string of the molecule is CC(C)c1nc(CNCc2ccco2)cs1.Cl. The number of nitrogens with zero attached hydrogens (tertiary/aromatic N) is 1. The maximum Gasteiger partial charge on any atom is 0.117 e. The summed E-state index contributed by atoms with van der Waals surface area (Å²) in [6.45, 7) is 5.88. The third kappa shape index (κ3) is 4.15. The van der Waals surface area contributed by atoms with Gasteiger partial charge in [0.25, 0.3) is 0 Å². The molecule has 2 aromatic rings. The summed E-state index contributed by atoms with van der Waals surface area (Å²) >= 11 is 1.73. The Morgan fingerprint density at radius 1 is 1.41 bits per heavy atom. The van der Waals surface area contributed by atoms with Crippen molar-refractivity contribution in [3.63, 3.8) is 0 Å². The predicted molar refractivity (Wildman–Crippen MR) is 72.7 cm³/mol. The standard InChI is InChI=1S/C12H16N2OS.ClH/c1-9(2)12-14-10(8-16-12)6-13-7-11-4-3-5-15-11;/h3-5,8-9,13H,6-7H2,1-2H3;1H. The van der Waals surface area contributed by atoms with Gasteiger partial charge in [0.05, 0.1) is 23.5 Å². The first kappa shape index (κ1) is 14.2. The number of hydrogen-bond acceptors (Lipinski definition) is 4. The maximum atomic E-state index is 5.23. The van der Waals surface area contributed by atoms with Gasteiger partial charge in [-0.2, -0.15) is 0 Å². The maximum absolute atomic E-state index is 5.23. The Morgan fingerprint density at radius 2 is 2.24 bits per heavy atom. The smallest absolute Gasteiger partial charge is 0.117 e. The highest BCUT2D eigenvalue weighted by atomic mass is 35.5. The number of furan rings is 1. The molecule has 0 saturated heterocycles. The van der Waals surface area contributed by atoms with Crippen molar-refractivity contribution in [3.05, 3.63) is 40.2 Å². The van der Waals surface area contributed by atoms with E-state index in [0.29, 0.717) is 5.92 Å². The van der Waals surface area contributed by atoms with E-state index in [-0.39, 0.29) is 12.4 Å². The Bertz CT molecular complexity index is 425. The molecular formula is C12H17ClN2OS. The fourth-order valence-electron chi connectivity index (χ4n) is 1.40. The lowest BCUT2D eigenvalue weighted by molar-refractivity contribution is 0.482. The molecule has 0 fully saturated rings. The van der Waals surface area contributed by atoms with Gasteiger partial charge in [0, 0.05) is 17.8 Å². The Hall–Kier alpha value is -0.840. The van der Waals surface area contributed by atoms with E-state index in [4.69, 9.17) is 4.42 Å². The lowest BCUT2D eigenvalue weighted by Crippen LogP contribution is -2.12. The van der Waals surface area contributed by atoms with Crippen molar-refractivity contribution < 1.29 is 4.42 Å². The summed E-state index contributed by atoms with van der Waals surface area (Å²) in [7, 11) is 0. The molecule has 94 valence electrons. The van der Waals surface area contributed by atoms with Crippen molar-refractivity contribution in [3.8, 4) is 0 Å². The second-order valence-electron chi connectivity index (χ2n) is 4.01.